The molecule has 0 bridgehead atoms. The normalized spacial score (nSPS) is 24.1. The molecular weight excluding hydrogens is 492 g/mol. The number of rotatable bonds is 8. The molecule has 1 amide bonds. The van der Waals surface area contributed by atoms with Crippen LogP contribution in [-0.4, -0.2) is 18.7 Å². The standard InChI is InChI=1S/C25H28BrClN2O3/c1-3-31-21-13-17(12-20(26)23(21)32-15-16-7-9-18(27)10-8-16)14-28-29-24(30)22-19-6-4-5-11-25(19,22)2/h7-10,12-14,19,22H,3-6,11,15H2,1-2H3,(H,29,30)/b28-14-/t19-,22-,25-/m0/s1. The van der Waals surface area contributed by atoms with Crippen molar-refractivity contribution in [3.63, 3.8) is 0 Å². The molecule has 0 radical (unpaired) electrons. The number of fused-ring (bicyclic) bond motifs is 1. The number of halogens is 2. The van der Waals surface area contributed by atoms with Crippen molar-refractivity contribution in [3.8, 4) is 11.5 Å². The van der Waals surface area contributed by atoms with Crippen LogP contribution in [0.3, 0.4) is 0 Å². The van der Waals surface area contributed by atoms with E-state index in [-0.39, 0.29) is 17.2 Å². The lowest BCUT2D eigenvalue weighted by Gasteiger charge is -2.15. The van der Waals surface area contributed by atoms with Crippen molar-refractivity contribution in [2.75, 3.05) is 6.61 Å². The molecule has 5 nitrogen and oxygen atoms in total. The molecule has 0 heterocycles. The molecule has 2 aromatic carbocycles. The first-order valence-corrected chi connectivity index (χ1v) is 12.3. The molecule has 1 N–H and O–H groups in total. The number of carbonyl (C=O) groups excluding carboxylic acids is 1. The van der Waals surface area contributed by atoms with Gasteiger partial charge in [0, 0.05) is 10.9 Å². The molecule has 170 valence electrons. The summed E-state index contributed by atoms with van der Waals surface area (Å²) >= 11 is 9.53. The van der Waals surface area contributed by atoms with Gasteiger partial charge in [0.1, 0.15) is 6.61 Å². The second-order valence-corrected chi connectivity index (χ2v) is 10.0. The average molecular weight is 520 g/mol. The Morgan fingerprint density at radius 3 is 2.75 bits per heavy atom. The summed E-state index contributed by atoms with van der Waals surface area (Å²) in [5.74, 6) is 1.88. The van der Waals surface area contributed by atoms with Crippen molar-refractivity contribution in [2.45, 2.75) is 46.1 Å². The van der Waals surface area contributed by atoms with Gasteiger partial charge >= 0.3 is 0 Å². The van der Waals surface area contributed by atoms with Crippen LogP contribution in [0.1, 0.15) is 50.7 Å². The number of benzene rings is 2. The molecule has 0 aliphatic heterocycles. The number of hydrazone groups is 1. The van der Waals surface area contributed by atoms with E-state index in [1.807, 2.05) is 43.3 Å². The van der Waals surface area contributed by atoms with E-state index in [0.717, 1.165) is 28.4 Å². The minimum atomic E-state index is 0.0302. The molecule has 0 saturated heterocycles. The first-order chi connectivity index (χ1) is 15.4. The van der Waals surface area contributed by atoms with Gasteiger partial charge in [0.05, 0.1) is 17.3 Å². The summed E-state index contributed by atoms with van der Waals surface area (Å²) in [6.45, 7) is 5.05. The van der Waals surface area contributed by atoms with Crippen molar-refractivity contribution in [1.82, 2.24) is 5.43 Å². The fourth-order valence-corrected chi connectivity index (χ4v) is 5.59. The second-order valence-electron chi connectivity index (χ2n) is 8.75. The van der Waals surface area contributed by atoms with Gasteiger partial charge in [0.15, 0.2) is 11.5 Å². The lowest BCUT2D eigenvalue weighted by molar-refractivity contribution is -0.123. The summed E-state index contributed by atoms with van der Waals surface area (Å²) in [6, 6.07) is 11.3. The molecule has 0 aromatic heterocycles. The number of ether oxygens (including phenoxy) is 2. The molecule has 0 spiro atoms. The van der Waals surface area contributed by atoms with E-state index >= 15 is 0 Å². The quantitative estimate of drug-likeness (QED) is 0.326. The van der Waals surface area contributed by atoms with Gasteiger partial charge < -0.3 is 9.47 Å². The smallest absolute Gasteiger partial charge is 0.244 e. The van der Waals surface area contributed by atoms with Crippen LogP contribution in [0, 0.1) is 17.3 Å². The Morgan fingerprint density at radius 1 is 1.28 bits per heavy atom. The number of hydrogen-bond donors (Lipinski definition) is 1. The summed E-state index contributed by atoms with van der Waals surface area (Å²) in [5, 5.41) is 4.90. The van der Waals surface area contributed by atoms with E-state index in [9.17, 15) is 4.79 Å². The lowest BCUT2D eigenvalue weighted by Crippen LogP contribution is -2.22. The van der Waals surface area contributed by atoms with Crippen molar-refractivity contribution in [1.29, 1.82) is 0 Å². The molecule has 7 heteroatoms. The highest BCUT2D eigenvalue weighted by Crippen LogP contribution is 2.66. The zero-order valence-electron chi connectivity index (χ0n) is 18.4. The van der Waals surface area contributed by atoms with Crippen LogP contribution in [0.2, 0.25) is 5.02 Å². The lowest BCUT2D eigenvalue weighted by atomic mass is 9.90. The third-order valence-corrected chi connectivity index (χ3v) is 7.47. The molecule has 2 aromatic rings. The number of nitrogens with one attached hydrogen (secondary N) is 1. The van der Waals surface area contributed by atoms with Gasteiger partial charge in [-0.2, -0.15) is 5.10 Å². The van der Waals surface area contributed by atoms with Gasteiger partial charge in [-0.1, -0.05) is 43.5 Å². The Kier molecular flexibility index (Phi) is 7.11. The zero-order valence-corrected chi connectivity index (χ0v) is 20.7. The van der Waals surface area contributed by atoms with Crippen LogP contribution < -0.4 is 14.9 Å². The van der Waals surface area contributed by atoms with Gasteiger partial charge in [-0.25, -0.2) is 5.43 Å². The third kappa shape index (κ3) is 4.96. The van der Waals surface area contributed by atoms with Crippen molar-refractivity contribution in [3.05, 3.63) is 57.0 Å². The molecule has 2 aliphatic carbocycles. The van der Waals surface area contributed by atoms with Crippen molar-refractivity contribution >= 4 is 39.7 Å². The van der Waals surface area contributed by atoms with E-state index < -0.39 is 0 Å². The molecule has 2 saturated carbocycles. The summed E-state index contributed by atoms with van der Waals surface area (Å²) < 4.78 is 12.6. The van der Waals surface area contributed by atoms with Crippen molar-refractivity contribution in [2.24, 2.45) is 22.4 Å². The monoisotopic (exact) mass is 518 g/mol. The topological polar surface area (TPSA) is 59.9 Å². The fourth-order valence-electron chi connectivity index (χ4n) is 4.89. The maximum Gasteiger partial charge on any atom is 0.244 e. The van der Waals surface area contributed by atoms with E-state index in [4.69, 9.17) is 21.1 Å². The molecular formula is C25H28BrClN2O3. The van der Waals surface area contributed by atoms with Gasteiger partial charge in [0.25, 0.3) is 0 Å². The Hall–Kier alpha value is -2.05. The van der Waals surface area contributed by atoms with Gasteiger partial charge in [0.2, 0.25) is 5.91 Å². The fraction of sp³-hybridized carbons (Fsp3) is 0.440. The largest absolute Gasteiger partial charge is 0.490 e. The number of nitrogens with zero attached hydrogens (tertiary/aromatic N) is 1. The first-order valence-electron chi connectivity index (χ1n) is 11.1. The number of carbonyl (C=O) groups is 1. The molecule has 3 atom stereocenters. The molecule has 32 heavy (non-hydrogen) atoms. The minimum Gasteiger partial charge on any atom is -0.490 e. The van der Waals surface area contributed by atoms with E-state index in [2.05, 4.69) is 33.4 Å². The van der Waals surface area contributed by atoms with E-state index in [0.29, 0.717) is 35.7 Å². The van der Waals surface area contributed by atoms with Crippen LogP contribution in [0.25, 0.3) is 0 Å². The Balaban J connectivity index is 1.41. The maximum absolute atomic E-state index is 12.6. The average Bonchev–Trinajstić information content (AvgIpc) is 3.40. The van der Waals surface area contributed by atoms with Crippen LogP contribution in [0.4, 0.5) is 0 Å². The van der Waals surface area contributed by atoms with E-state index in [1.165, 1.54) is 12.8 Å². The summed E-state index contributed by atoms with van der Waals surface area (Å²) in [6.07, 6.45) is 6.39. The van der Waals surface area contributed by atoms with Crippen molar-refractivity contribution < 1.29 is 14.3 Å². The predicted molar refractivity (Wildman–Crippen MR) is 130 cm³/mol. The Morgan fingerprint density at radius 2 is 2.06 bits per heavy atom. The second kappa shape index (κ2) is 9.84. The predicted octanol–water partition coefficient (Wildman–Crippen LogP) is 6.36. The molecule has 2 aliphatic rings. The van der Waals surface area contributed by atoms with Crippen LogP contribution >= 0.6 is 27.5 Å². The Bertz CT molecular complexity index is 1010. The van der Waals surface area contributed by atoms with E-state index in [1.54, 1.807) is 6.21 Å². The number of amides is 1. The molecule has 2 fully saturated rings. The van der Waals surface area contributed by atoms with Gasteiger partial charge in [-0.05, 0) is 82.4 Å². The maximum atomic E-state index is 12.6. The highest BCUT2D eigenvalue weighted by atomic mass is 79.9. The number of hydrogen-bond acceptors (Lipinski definition) is 4. The molecule has 0 unspecified atom stereocenters. The van der Waals surface area contributed by atoms with Crippen LogP contribution in [-0.2, 0) is 11.4 Å². The van der Waals surface area contributed by atoms with Gasteiger partial charge in [-0.3, -0.25) is 4.79 Å². The Labute approximate surface area is 202 Å². The summed E-state index contributed by atoms with van der Waals surface area (Å²) in [7, 11) is 0. The highest BCUT2D eigenvalue weighted by Gasteiger charge is 2.64. The minimum absolute atomic E-state index is 0.0302. The SMILES string of the molecule is CCOc1cc(/C=N\NC(=O)[C@@H]2[C@@H]3CCCC[C@]23C)cc(Br)c1OCc1ccc(Cl)cc1. The zero-order chi connectivity index (χ0) is 22.7. The molecule has 4 rings (SSSR count). The summed E-state index contributed by atoms with van der Waals surface area (Å²) in [4.78, 5) is 12.6. The summed E-state index contributed by atoms with van der Waals surface area (Å²) in [5.41, 5.74) is 4.73. The van der Waals surface area contributed by atoms with Gasteiger partial charge in [-0.15, -0.1) is 0 Å². The highest BCUT2D eigenvalue weighted by molar-refractivity contribution is 9.10. The van der Waals surface area contributed by atoms with Crippen LogP contribution in [0.15, 0.2) is 46.0 Å². The third-order valence-electron chi connectivity index (χ3n) is 6.63. The van der Waals surface area contributed by atoms with Crippen LogP contribution in [0.5, 0.6) is 11.5 Å². The first kappa shape index (κ1) is 23.1.